The maximum Gasteiger partial charge on any atom is 0.225 e. The van der Waals surface area contributed by atoms with Crippen molar-refractivity contribution in [1.82, 2.24) is 9.97 Å². The molecule has 0 aromatic carbocycles. The summed E-state index contributed by atoms with van der Waals surface area (Å²) in [5.41, 5.74) is 12.0. The molecule has 1 aliphatic rings. The summed E-state index contributed by atoms with van der Waals surface area (Å²) >= 11 is 1.59. The zero-order chi connectivity index (χ0) is 17.5. The Kier molecular flexibility index (Phi) is 4.13. The summed E-state index contributed by atoms with van der Waals surface area (Å²) in [5, 5.41) is 0. The highest BCUT2D eigenvalue weighted by Gasteiger charge is 2.44. The predicted molar refractivity (Wildman–Crippen MR) is 97.8 cm³/mol. The molecule has 2 atom stereocenters. The highest BCUT2D eigenvalue weighted by Crippen LogP contribution is 2.46. The van der Waals surface area contributed by atoms with Crippen LogP contribution in [0, 0.1) is 19.8 Å². The Morgan fingerprint density at radius 1 is 1.25 bits per heavy atom. The van der Waals surface area contributed by atoms with Crippen molar-refractivity contribution >= 4 is 17.2 Å². The molecule has 0 saturated heterocycles. The van der Waals surface area contributed by atoms with Crippen molar-refractivity contribution in [2.24, 2.45) is 11.7 Å². The molecule has 2 aromatic rings. The molecular weight excluding hydrogens is 318 g/mol. The van der Waals surface area contributed by atoms with E-state index in [1.54, 1.807) is 11.3 Å². The fourth-order valence-electron chi connectivity index (χ4n) is 3.42. The highest BCUT2D eigenvalue weighted by atomic mass is 32.1. The van der Waals surface area contributed by atoms with E-state index in [0.29, 0.717) is 0 Å². The van der Waals surface area contributed by atoms with Crippen molar-refractivity contribution in [2.75, 3.05) is 0 Å². The van der Waals surface area contributed by atoms with Gasteiger partial charge in [0.1, 0.15) is 0 Å². The summed E-state index contributed by atoms with van der Waals surface area (Å²) in [7, 11) is 0. The quantitative estimate of drug-likeness (QED) is 0.927. The van der Waals surface area contributed by atoms with E-state index in [9.17, 15) is 4.79 Å². The number of thiazole rings is 1. The molecule has 1 aliphatic carbocycles. The molecule has 124 valence electrons. The number of amides is 1. The molecule has 1 amide bonds. The highest BCUT2D eigenvalue weighted by molar-refractivity contribution is 7.13. The molecule has 3 rings (SSSR count). The van der Waals surface area contributed by atoms with E-state index in [2.05, 4.69) is 29.0 Å². The topological polar surface area (TPSA) is 68.9 Å². The Bertz CT molecular complexity index is 845. The van der Waals surface area contributed by atoms with E-state index in [-0.39, 0.29) is 5.91 Å². The molecule has 24 heavy (non-hydrogen) atoms. The zero-order valence-corrected chi connectivity index (χ0v) is 15.1. The van der Waals surface area contributed by atoms with E-state index in [4.69, 9.17) is 5.73 Å². The predicted octanol–water partition coefficient (Wildman–Crippen LogP) is 3.70. The molecule has 0 fully saturated rings. The van der Waals surface area contributed by atoms with E-state index in [0.717, 1.165) is 33.1 Å². The Balaban J connectivity index is 2.20. The molecule has 4 nitrogen and oxygen atoms in total. The van der Waals surface area contributed by atoms with Gasteiger partial charge in [-0.15, -0.1) is 11.3 Å². The summed E-state index contributed by atoms with van der Waals surface area (Å²) in [6.07, 6.45) is 5.81. The van der Waals surface area contributed by atoms with Crippen molar-refractivity contribution in [2.45, 2.75) is 33.1 Å². The normalized spacial score (nSPS) is 23.2. The third-order valence-electron chi connectivity index (χ3n) is 4.80. The number of pyridine rings is 1. The minimum atomic E-state index is -0.541. The van der Waals surface area contributed by atoms with Crippen molar-refractivity contribution in [3.05, 3.63) is 58.5 Å². The lowest BCUT2D eigenvalue weighted by molar-refractivity contribution is -0.121. The monoisotopic (exact) mass is 339 g/mol. The van der Waals surface area contributed by atoms with Crippen molar-refractivity contribution in [1.29, 1.82) is 0 Å². The fraction of sp³-hybridized carbons (Fsp3) is 0.316. The largest absolute Gasteiger partial charge is 0.369 e. The van der Waals surface area contributed by atoms with Gasteiger partial charge in [-0.3, -0.25) is 9.78 Å². The van der Waals surface area contributed by atoms with Crippen LogP contribution in [0.3, 0.4) is 0 Å². The second-order valence-corrected chi connectivity index (χ2v) is 7.34. The summed E-state index contributed by atoms with van der Waals surface area (Å²) in [6.45, 7) is 8.06. The first-order valence-electron chi connectivity index (χ1n) is 7.88. The number of nitrogens with two attached hydrogens (primary N) is 1. The first-order valence-corrected chi connectivity index (χ1v) is 8.76. The maximum absolute atomic E-state index is 12.1. The van der Waals surface area contributed by atoms with Crippen LogP contribution in [0.25, 0.3) is 10.4 Å². The lowest BCUT2D eigenvalue weighted by atomic mass is 9.66. The number of carbonyl (C=O) groups is 1. The van der Waals surface area contributed by atoms with Gasteiger partial charge < -0.3 is 5.73 Å². The van der Waals surface area contributed by atoms with E-state index < -0.39 is 11.3 Å². The van der Waals surface area contributed by atoms with Gasteiger partial charge in [0.25, 0.3) is 0 Å². The number of rotatable bonds is 3. The first-order chi connectivity index (χ1) is 11.3. The number of nitrogens with zero attached hydrogens (tertiary/aromatic N) is 2. The summed E-state index contributed by atoms with van der Waals surface area (Å²) in [6, 6.07) is 4.12. The molecule has 0 saturated carbocycles. The lowest BCUT2D eigenvalue weighted by Gasteiger charge is -2.37. The Hall–Kier alpha value is -2.27. The number of aromatic nitrogens is 2. The molecule has 0 spiro atoms. The Labute approximate surface area is 146 Å². The summed E-state index contributed by atoms with van der Waals surface area (Å²) in [4.78, 5) is 22.2. The molecule has 0 radical (unpaired) electrons. The van der Waals surface area contributed by atoms with Gasteiger partial charge in [0.15, 0.2) is 0 Å². The van der Waals surface area contributed by atoms with Gasteiger partial charge in [-0.25, -0.2) is 4.98 Å². The summed E-state index contributed by atoms with van der Waals surface area (Å²) in [5.74, 6) is -0.741. The van der Waals surface area contributed by atoms with Gasteiger partial charge in [0.05, 0.1) is 22.0 Å². The molecule has 5 heteroatoms. The first kappa shape index (κ1) is 16.6. The Morgan fingerprint density at radius 2 is 1.92 bits per heavy atom. The molecule has 2 heterocycles. The third kappa shape index (κ3) is 2.59. The average Bonchev–Trinajstić information content (AvgIpc) is 2.98. The van der Waals surface area contributed by atoms with Crippen LogP contribution in [0.2, 0.25) is 0 Å². The van der Waals surface area contributed by atoms with Crippen LogP contribution in [0.15, 0.2) is 41.4 Å². The van der Waals surface area contributed by atoms with Crippen molar-refractivity contribution < 1.29 is 4.79 Å². The fourth-order valence-corrected chi connectivity index (χ4v) is 4.32. The van der Waals surface area contributed by atoms with Gasteiger partial charge in [0, 0.05) is 16.8 Å². The van der Waals surface area contributed by atoms with Gasteiger partial charge in [-0.05, 0) is 45.4 Å². The molecular formula is C19H21N3OS. The number of allylic oxidation sites excluding steroid dienone is 3. The number of aryl methyl sites for hydroxylation is 2. The minimum Gasteiger partial charge on any atom is -0.369 e. The van der Waals surface area contributed by atoms with Crippen LogP contribution in [0.1, 0.15) is 30.9 Å². The van der Waals surface area contributed by atoms with E-state index in [1.165, 1.54) is 0 Å². The van der Waals surface area contributed by atoms with Crippen molar-refractivity contribution in [3.8, 4) is 10.4 Å². The van der Waals surface area contributed by atoms with Crippen LogP contribution in [-0.2, 0) is 10.2 Å². The molecule has 0 bridgehead atoms. The maximum atomic E-state index is 12.1. The molecule has 0 aliphatic heterocycles. The van der Waals surface area contributed by atoms with E-state index in [1.807, 2.05) is 44.5 Å². The van der Waals surface area contributed by atoms with Crippen LogP contribution < -0.4 is 5.73 Å². The lowest BCUT2D eigenvalue weighted by Crippen LogP contribution is -2.42. The second kappa shape index (κ2) is 5.98. The van der Waals surface area contributed by atoms with Crippen LogP contribution in [0.5, 0.6) is 0 Å². The zero-order valence-electron chi connectivity index (χ0n) is 14.3. The molecule has 2 unspecified atom stereocenters. The standard InChI is InChI=1S/C19H21N3OS/c1-11-6-5-7-15(18(20)23)19(11,4)17-16(24-10-21-17)14-8-12(2)22-13(3)9-14/h5-10,15H,1-4H3,(H2,20,23). The van der Waals surface area contributed by atoms with Crippen LogP contribution in [-0.4, -0.2) is 15.9 Å². The smallest absolute Gasteiger partial charge is 0.225 e. The molecule has 2 aromatic heterocycles. The number of hydrogen-bond donors (Lipinski definition) is 1. The van der Waals surface area contributed by atoms with Gasteiger partial charge >= 0.3 is 0 Å². The number of hydrogen-bond acceptors (Lipinski definition) is 4. The SMILES string of the molecule is CC1=CC=CC(C(N)=O)C1(C)c1ncsc1-c1cc(C)nc(C)c1. The minimum absolute atomic E-state index is 0.331. The van der Waals surface area contributed by atoms with Crippen LogP contribution >= 0.6 is 11.3 Å². The third-order valence-corrected chi connectivity index (χ3v) is 5.68. The average molecular weight is 339 g/mol. The number of primary amides is 1. The van der Waals surface area contributed by atoms with Crippen LogP contribution in [0.4, 0.5) is 0 Å². The number of carbonyl (C=O) groups excluding carboxylic acids is 1. The molecule has 2 N–H and O–H groups in total. The van der Waals surface area contributed by atoms with Crippen molar-refractivity contribution in [3.63, 3.8) is 0 Å². The van der Waals surface area contributed by atoms with Gasteiger partial charge in [-0.1, -0.05) is 23.8 Å². The van der Waals surface area contributed by atoms with E-state index >= 15 is 0 Å². The second-order valence-electron chi connectivity index (χ2n) is 6.49. The summed E-state index contributed by atoms with van der Waals surface area (Å²) < 4.78 is 0. The van der Waals surface area contributed by atoms with Gasteiger partial charge in [-0.2, -0.15) is 0 Å². The Morgan fingerprint density at radius 3 is 2.54 bits per heavy atom. The van der Waals surface area contributed by atoms with Gasteiger partial charge in [0.2, 0.25) is 5.91 Å².